The van der Waals surface area contributed by atoms with Crippen molar-refractivity contribution in [1.82, 2.24) is 4.90 Å². The number of hydrogen-bond donors (Lipinski definition) is 2. The Kier molecular flexibility index (Phi) is 4.12. The fraction of sp³-hybridized carbons (Fsp3) is 1.00. The fourth-order valence-electron chi connectivity index (χ4n) is 2.02. The normalized spacial score (nSPS) is 32.3. The number of likely N-dealkylation sites (tertiary alicyclic amines) is 1. The Morgan fingerprint density at radius 1 is 1.46 bits per heavy atom. The number of aliphatic hydroxyl groups excluding tert-OH is 1. The Bertz CT molecular complexity index is 145. The minimum Gasteiger partial charge on any atom is -0.389 e. The van der Waals surface area contributed by atoms with Gasteiger partial charge < -0.3 is 9.94 Å². The van der Waals surface area contributed by atoms with E-state index in [4.69, 9.17) is 5.90 Å². The lowest BCUT2D eigenvalue weighted by Gasteiger charge is -2.27. The van der Waals surface area contributed by atoms with Crippen molar-refractivity contribution in [2.75, 3.05) is 13.2 Å². The van der Waals surface area contributed by atoms with Gasteiger partial charge in [-0.05, 0) is 26.7 Å². The molecule has 1 saturated heterocycles. The molecule has 3 N–H and O–H groups in total. The van der Waals surface area contributed by atoms with E-state index in [0.717, 1.165) is 0 Å². The van der Waals surface area contributed by atoms with Crippen LogP contribution >= 0.6 is 0 Å². The van der Waals surface area contributed by atoms with Crippen LogP contribution in [0, 0.1) is 0 Å². The zero-order valence-electron chi connectivity index (χ0n) is 8.44. The van der Waals surface area contributed by atoms with Gasteiger partial charge in [-0.3, -0.25) is 4.90 Å². The third kappa shape index (κ3) is 2.91. The number of nitrogens with zero attached hydrogens (tertiary/aromatic N) is 1. The number of rotatable bonds is 4. The molecular formula is C9H20N2O2. The molecule has 1 rings (SSSR count). The molecule has 0 aromatic carbocycles. The summed E-state index contributed by atoms with van der Waals surface area (Å²) in [5, 5.41) is 9.50. The first-order valence-electron chi connectivity index (χ1n) is 4.90. The maximum Gasteiger partial charge on any atom is 0.0951 e. The zero-order valence-corrected chi connectivity index (χ0v) is 8.44. The van der Waals surface area contributed by atoms with E-state index in [-0.39, 0.29) is 6.61 Å². The largest absolute Gasteiger partial charge is 0.389 e. The van der Waals surface area contributed by atoms with Gasteiger partial charge in [-0.2, -0.15) is 0 Å². The van der Waals surface area contributed by atoms with E-state index in [9.17, 15) is 5.11 Å². The molecule has 0 aromatic heterocycles. The number of hydrogen-bond acceptors (Lipinski definition) is 4. The van der Waals surface area contributed by atoms with Crippen molar-refractivity contribution in [3.05, 3.63) is 0 Å². The van der Waals surface area contributed by atoms with Gasteiger partial charge in [0.1, 0.15) is 0 Å². The van der Waals surface area contributed by atoms with Crippen LogP contribution in [-0.4, -0.2) is 41.3 Å². The first-order valence-corrected chi connectivity index (χ1v) is 4.90. The summed E-state index contributed by atoms with van der Waals surface area (Å²) in [5.74, 6) is 4.89. The summed E-state index contributed by atoms with van der Waals surface area (Å²) in [6.45, 7) is 5.27. The molecule has 4 nitrogen and oxygen atoms in total. The first-order chi connectivity index (χ1) is 6.15. The van der Waals surface area contributed by atoms with E-state index >= 15 is 0 Å². The van der Waals surface area contributed by atoms with Crippen LogP contribution in [-0.2, 0) is 4.84 Å². The molecular weight excluding hydrogens is 168 g/mol. The van der Waals surface area contributed by atoms with Crippen molar-refractivity contribution >= 4 is 0 Å². The highest BCUT2D eigenvalue weighted by Gasteiger charge is 2.28. The number of nitrogens with two attached hydrogens (primary N) is 1. The lowest BCUT2D eigenvalue weighted by atomic mass is 10.2. The van der Waals surface area contributed by atoms with Gasteiger partial charge in [0.05, 0.1) is 12.7 Å². The molecule has 1 aliphatic heterocycles. The predicted octanol–water partition coefficient (Wildman–Crippen LogP) is 0.110. The highest BCUT2D eigenvalue weighted by molar-refractivity contribution is 4.83. The van der Waals surface area contributed by atoms with Crippen molar-refractivity contribution in [3.63, 3.8) is 0 Å². The SMILES string of the molecule is CC1CCC(C)N1CC(O)CON. The number of aliphatic hydroxyl groups is 1. The van der Waals surface area contributed by atoms with Crippen LogP contribution in [0.4, 0.5) is 0 Å². The molecule has 3 unspecified atom stereocenters. The molecule has 0 aliphatic carbocycles. The van der Waals surface area contributed by atoms with Gasteiger partial charge in [-0.25, -0.2) is 5.90 Å². The first kappa shape index (κ1) is 10.9. The molecule has 1 heterocycles. The van der Waals surface area contributed by atoms with Crippen LogP contribution < -0.4 is 5.90 Å². The molecule has 1 fully saturated rings. The average Bonchev–Trinajstić information content (AvgIpc) is 2.36. The van der Waals surface area contributed by atoms with Crippen molar-refractivity contribution in [2.45, 2.75) is 44.9 Å². The lowest BCUT2D eigenvalue weighted by molar-refractivity contribution is 0.00898. The topological polar surface area (TPSA) is 58.7 Å². The van der Waals surface area contributed by atoms with Crippen molar-refractivity contribution in [2.24, 2.45) is 5.90 Å². The second kappa shape index (κ2) is 4.91. The summed E-state index contributed by atoms with van der Waals surface area (Å²) in [7, 11) is 0. The Morgan fingerprint density at radius 2 is 2.00 bits per heavy atom. The summed E-state index contributed by atoms with van der Waals surface area (Å²) in [4.78, 5) is 6.72. The van der Waals surface area contributed by atoms with Crippen molar-refractivity contribution in [3.8, 4) is 0 Å². The molecule has 13 heavy (non-hydrogen) atoms. The van der Waals surface area contributed by atoms with Crippen molar-refractivity contribution in [1.29, 1.82) is 0 Å². The molecule has 3 atom stereocenters. The minimum atomic E-state index is -0.465. The van der Waals surface area contributed by atoms with Crippen LogP contribution in [0.25, 0.3) is 0 Å². The van der Waals surface area contributed by atoms with Gasteiger partial charge in [0.15, 0.2) is 0 Å². The third-order valence-corrected chi connectivity index (χ3v) is 2.84. The van der Waals surface area contributed by atoms with E-state index in [1.807, 2.05) is 0 Å². The molecule has 4 heteroatoms. The van der Waals surface area contributed by atoms with Crippen molar-refractivity contribution < 1.29 is 9.94 Å². The minimum absolute atomic E-state index is 0.218. The molecule has 0 bridgehead atoms. The smallest absolute Gasteiger partial charge is 0.0951 e. The van der Waals surface area contributed by atoms with E-state index < -0.39 is 6.10 Å². The second-order valence-corrected chi connectivity index (χ2v) is 3.96. The Labute approximate surface area is 79.6 Å². The van der Waals surface area contributed by atoms with Crippen LogP contribution in [0.15, 0.2) is 0 Å². The Balaban J connectivity index is 2.33. The fourth-order valence-corrected chi connectivity index (χ4v) is 2.02. The molecule has 78 valence electrons. The summed E-state index contributed by atoms with van der Waals surface area (Å²) in [6.07, 6.45) is 1.97. The summed E-state index contributed by atoms with van der Waals surface area (Å²) in [6, 6.07) is 1.14. The van der Waals surface area contributed by atoms with Gasteiger partial charge >= 0.3 is 0 Å². The van der Waals surface area contributed by atoms with E-state index in [1.54, 1.807) is 0 Å². The van der Waals surface area contributed by atoms with Gasteiger partial charge in [0.25, 0.3) is 0 Å². The molecule has 0 amide bonds. The standard InChI is InChI=1S/C9H20N2O2/c1-7-3-4-8(2)11(7)5-9(12)6-13-10/h7-9,12H,3-6,10H2,1-2H3. The maximum absolute atomic E-state index is 9.50. The van der Waals surface area contributed by atoms with Crippen LogP contribution in [0.1, 0.15) is 26.7 Å². The van der Waals surface area contributed by atoms with Gasteiger partial charge in [-0.1, -0.05) is 0 Å². The average molecular weight is 188 g/mol. The molecule has 1 aliphatic rings. The van der Waals surface area contributed by atoms with Gasteiger partial charge in [0.2, 0.25) is 0 Å². The van der Waals surface area contributed by atoms with Crippen LogP contribution in [0.5, 0.6) is 0 Å². The third-order valence-electron chi connectivity index (χ3n) is 2.84. The quantitative estimate of drug-likeness (QED) is 0.615. The lowest BCUT2D eigenvalue weighted by Crippen LogP contribution is -2.40. The maximum atomic E-state index is 9.50. The van der Waals surface area contributed by atoms with Gasteiger partial charge in [-0.15, -0.1) is 0 Å². The van der Waals surface area contributed by atoms with Crippen LogP contribution in [0.2, 0.25) is 0 Å². The van der Waals surface area contributed by atoms with E-state index in [1.165, 1.54) is 12.8 Å². The molecule has 0 aromatic rings. The zero-order chi connectivity index (χ0) is 9.84. The van der Waals surface area contributed by atoms with Gasteiger partial charge in [0, 0.05) is 18.6 Å². The highest BCUT2D eigenvalue weighted by atomic mass is 16.6. The molecule has 0 radical (unpaired) electrons. The Hall–Kier alpha value is -0.160. The summed E-state index contributed by atoms with van der Waals surface area (Å²) >= 11 is 0. The number of β-amino-alcohol motifs (C(OH)–C–C–N with tert-alkyl or cyclic N) is 1. The monoisotopic (exact) mass is 188 g/mol. The highest BCUT2D eigenvalue weighted by Crippen LogP contribution is 2.23. The predicted molar refractivity (Wildman–Crippen MR) is 51.0 cm³/mol. The molecule has 0 saturated carbocycles. The molecule has 0 spiro atoms. The van der Waals surface area contributed by atoms with E-state index in [0.29, 0.717) is 18.6 Å². The summed E-state index contributed by atoms with van der Waals surface area (Å²) in [5.41, 5.74) is 0. The van der Waals surface area contributed by atoms with E-state index in [2.05, 4.69) is 23.6 Å². The summed E-state index contributed by atoms with van der Waals surface area (Å²) < 4.78 is 0. The van der Waals surface area contributed by atoms with Crippen LogP contribution in [0.3, 0.4) is 0 Å². The second-order valence-electron chi connectivity index (χ2n) is 3.96. The Morgan fingerprint density at radius 3 is 2.46 bits per heavy atom.